The van der Waals surface area contributed by atoms with Gasteiger partial charge < -0.3 is 5.32 Å². The Labute approximate surface area is 118 Å². The molecule has 1 aromatic heterocycles. The van der Waals surface area contributed by atoms with E-state index in [0.29, 0.717) is 18.3 Å². The lowest BCUT2D eigenvalue weighted by Crippen LogP contribution is -2.16. The number of nitrogens with zero attached hydrogens (tertiary/aromatic N) is 2. The van der Waals surface area contributed by atoms with Gasteiger partial charge in [-0.15, -0.1) is 0 Å². The summed E-state index contributed by atoms with van der Waals surface area (Å²) in [4.78, 5) is 0. The Hall–Kier alpha value is -1.89. The summed E-state index contributed by atoms with van der Waals surface area (Å²) >= 11 is 0. The molecule has 0 amide bonds. The van der Waals surface area contributed by atoms with Gasteiger partial charge in [0.2, 0.25) is 0 Å². The normalized spacial score (nSPS) is 15.4. The Morgan fingerprint density at radius 1 is 1.24 bits per heavy atom. The van der Waals surface area contributed by atoms with Crippen LogP contribution in [0.1, 0.15) is 24.1 Å². The topological polar surface area (TPSA) is 29.9 Å². The zero-order valence-corrected chi connectivity index (χ0v) is 11.0. The molecule has 0 saturated heterocycles. The molecule has 1 aromatic carbocycles. The maximum Gasteiger partial charge on any atom is 0.416 e. The molecule has 21 heavy (non-hydrogen) atoms. The average molecular weight is 299 g/mol. The first-order valence-electron chi connectivity index (χ1n) is 6.58. The average Bonchev–Trinajstić information content (AvgIpc) is 3.13. The van der Waals surface area contributed by atoms with Gasteiger partial charge in [0.25, 0.3) is 0 Å². The summed E-state index contributed by atoms with van der Waals surface area (Å²) in [5.41, 5.74) is -0.437. The van der Waals surface area contributed by atoms with E-state index >= 15 is 0 Å². The zero-order valence-electron chi connectivity index (χ0n) is 11.0. The van der Waals surface area contributed by atoms with Crippen molar-refractivity contribution < 1.29 is 17.6 Å². The van der Waals surface area contributed by atoms with Gasteiger partial charge >= 0.3 is 6.18 Å². The highest BCUT2D eigenvalue weighted by atomic mass is 19.4. The number of nitrogens with one attached hydrogen (secondary N) is 1. The molecule has 0 spiro atoms. The third-order valence-corrected chi connectivity index (χ3v) is 3.31. The molecule has 7 heteroatoms. The van der Waals surface area contributed by atoms with Crippen LogP contribution in [0.4, 0.5) is 17.6 Å². The van der Waals surface area contributed by atoms with Gasteiger partial charge in [-0.1, -0.05) is 0 Å². The lowest BCUT2D eigenvalue weighted by molar-refractivity contribution is -0.137. The predicted molar refractivity (Wildman–Crippen MR) is 68.4 cm³/mol. The molecular weight excluding hydrogens is 286 g/mol. The van der Waals surface area contributed by atoms with E-state index in [-0.39, 0.29) is 5.69 Å². The van der Waals surface area contributed by atoms with Crippen molar-refractivity contribution in [3.05, 3.63) is 47.5 Å². The molecule has 0 radical (unpaired) electrons. The number of rotatable bonds is 4. The molecule has 2 aromatic rings. The summed E-state index contributed by atoms with van der Waals surface area (Å²) in [6.45, 7) is 0.526. The van der Waals surface area contributed by atoms with Crippen LogP contribution in [0.15, 0.2) is 30.5 Å². The second kappa shape index (κ2) is 5.14. The number of hydrogen-bond acceptors (Lipinski definition) is 2. The lowest BCUT2D eigenvalue weighted by Gasteiger charge is -2.09. The first-order chi connectivity index (χ1) is 9.93. The number of halogens is 4. The Balaban J connectivity index is 1.84. The maximum atomic E-state index is 13.7. The Morgan fingerprint density at radius 2 is 2.00 bits per heavy atom. The Kier molecular flexibility index (Phi) is 3.44. The minimum atomic E-state index is -4.51. The van der Waals surface area contributed by atoms with Crippen molar-refractivity contribution in [2.24, 2.45) is 0 Å². The Bertz CT molecular complexity index is 644. The van der Waals surface area contributed by atoms with Gasteiger partial charge in [-0.05, 0) is 37.1 Å². The van der Waals surface area contributed by atoms with Crippen molar-refractivity contribution in [3.63, 3.8) is 0 Å². The van der Waals surface area contributed by atoms with E-state index in [1.807, 2.05) is 0 Å². The SMILES string of the molecule is Fc1ccc(C(F)(F)F)cc1-n1ccc(CNC2CC2)n1. The number of hydrogen-bond donors (Lipinski definition) is 1. The van der Waals surface area contributed by atoms with E-state index in [4.69, 9.17) is 0 Å². The van der Waals surface area contributed by atoms with Gasteiger partial charge in [0.1, 0.15) is 11.5 Å². The minimum Gasteiger partial charge on any atom is -0.308 e. The molecule has 3 nitrogen and oxygen atoms in total. The standard InChI is InChI=1S/C14H13F4N3/c15-12-4-1-9(14(16,17)18)7-13(12)21-6-5-11(20-21)8-19-10-2-3-10/h1,4-7,10,19H,2-3,8H2. The fourth-order valence-corrected chi connectivity index (χ4v) is 1.99. The summed E-state index contributed by atoms with van der Waals surface area (Å²) in [6, 6.07) is 4.45. The predicted octanol–water partition coefficient (Wildman–Crippen LogP) is 3.28. The molecule has 1 N–H and O–H groups in total. The van der Waals surface area contributed by atoms with Crippen molar-refractivity contribution in [1.29, 1.82) is 0 Å². The molecule has 0 unspecified atom stereocenters. The van der Waals surface area contributed by atoms with Crippen LogP contribution in [0.2, 0.25) is 0 Å². The molecule has 0 aliphatic heterocycles. The summed E-state index contributed by atoms with van der Waals surface area (Å²) in [7, 11) is 0. The smallest absolute Gasteiger partial charge is 0.308 e. The molecule has 1 aliphatic rings. The molecule has 1 heterocycles. The monoisotopic (exact) mass is 299 g/mol. The molecule has 3 rings (SSSR count). The van der Waals surface area contributed by atoms with Crippen LogP contribution >= 0.6 is 0 Å². The van der Waals surface area contributed by atoms with Crippen LogP contribution in [-0.2, 0) is 12.7 Å². The van der Waals surface area contributed by atoms with E-state index < -0.39 is 17.6 Å². The van der Waals surface area contributed by atoms with Crippen LogP contribution in [0.25, 0.3) is 5.69 Å². The highest BCUT2D eigenvalue weighted by Crippen LogP contribution is 2.31. The lowest BCUT2D eigenvalue weighted by atomic mass is 10.2. The van der Waals surface area contributed by atoms with Crippen molar-refractivity contribution in [3.8, 4) is 5.69 Å². The first kappa shape index (κ1) is 14.1. The Morgan fingerprint density at radius 3 is 2.67 bits per heavy atom. The van der Waals surface area contributed by atoms with Crippen LogP contribution in [0.3, 0.4) is 0 Å². The van der Waals surface area contributed by atoms with Crippen LogP contribution < -0.4 is 5.32 Å². The highest BCUT2D eigenvalue weighted by Gasteiger charge is 2.31. The van der Waals surface area contributed by atoms with Gasteiger partial charge in [0, 0.05) is 18.8 Å². The molecular formula is C14H13F4N3. The van der Waals surface area contributed by atoms with Crippen molar-refractivity contribution in [2.45, 2.75) is 31.6 Å². The van der Waals surface area contributed by atoms with E-state index in [9.17, 15) is 17.6 Å². The number of aromatic nitrogens is 2. The summed E-state index contributed by atoms with van der Waals surface area (Å²) in [6.07, 6.45) is -0.791. The van der Waals surface area contributed by atoms with Crippen LogP contribution in [0, 0.1) is 5.82 Å². The van der Waals surface area contributed by atoms with Crippen molar-refractivity contribution in [1.82, 2.24) is 15.1 Å². The van der Waals surface area contributed by atoms with Crippen molar-refractivity contribution in [2.75, 3.05) is 0 Å². The summed E-state index contributed by atoms with van der Waals surface area (Å²) in [5.74, 6) is -0.743. The van der Waals surface area contributed by atoms with Crippen molar-refractivity contribution >= 4 is 0 Å². The molecule has 1 aliphatic carbocycles. The zero-order chi connectivity index (χ0) is 15.0. The quantitative estimate of drug-likeness (QED) is 0.878. The van der Waals surface area contributed by atoms with E-state index in [1.54, 1.807) is 6.07 Å². The van der Waals surface area contributed by atoms with Crippen LogP contribution in [-0.4, -0.2) is 15.8 Å². The number of alkyl halides is 3. The van der Waals surface area contributed by atoms with Gasteiger partial charge in [-0.3, -0.25) is 0 Å². The highest BCUT2D eigenvalue weighted by molar-refractivity contribution is 5.38. The van der Waals surface area contributed by atoms with Crippen LogP contribution in [0.5, 0.6) is 0 Å². The third kappa shape index (κ3) is 3.24. The maximum absolute atomic E-state index is 13.7. The largest absolute Gasteiger partial charge is 0.416 e. The number of benzene rings is 1. The molecule has 1 saturated carbocycles. The minimum absolute atomic E-state index is 0.206. The van der Waals surface area contributed by atoms with Gasteiger partial charge in [0.15, 0.2) is 0 Å². The molecule has 112 valence electrons. The van der Waals surface area contributed by atoms with Gasteiger partial charge in [0.05, 0.1) is 11.3 Å². The fourth-order valence-electron chi connectivity index (χ4n) is 1.99. The second-order valence-corrected chi connectivity index (χ2v) is 5.07. The second-order valence-electron chi connectivity index (χ2n) is 5.07. The summed E-state index contributed by atoms with van der Waals surface area (Å²) in [5, 5.41) is 7.35. The molecule has 0 atom stereocenters. The third-order valence-electron chi connectivity index (χ3n) is 3.31. The van der Waals surface area contributed by atoms with E-state index in [1.165, 1.54) is 6.20 Å². The van der Waals surface area contributed by atoms with E-state index in [2.05, 4.69) is 10.4 Å². The molecule has 1 fully saturated rings. The van der Waals surface area contributed by atoms with E-state index in [0.717, 1.165) is 35.7 Å². The first-order valence-corrected chi connectivity index (χ1v) is 6.58. The van der Waals surface area contributed by atoms with Gasteiger partial charge in [-0.2, -0.15) is 18.3 Å². The summed E-state index contributed by atoms with van der Waals surface area (Å²) < 4.78 is 52.9. The molecule has 0 bridgehead atoms. The van der Waals surface area contributed by atoms with Gasteiger partial charge in [-0.25, -0.2) is 9.07 Å². The fraction of sp³-hybridized carbons (Fsp3) is 0.357.